The molecule has 0 unspecified atom stereocenters. The average molecular weight is 430 g/mol. The number of nitrogens with one attached hydrogen (secondary N) is 1. The lowest BCUT2D eigenvalue weighted by Gasteiger charge is -2.44. The van der Waals surface area contributed by atoms with Crippen LogP contribution in [0.25, 0.3) is 0 Å². The van der Waals surface area contributed by atoms with E-state index in [2.05, 4.69) is 32.8 Å². The van der Waals surface area contributed by atoms with Crippen molar-refractivity contribution in [2.45, 2.75) is 25.8 Å². The normalized spacial score (nSPS) is 26.0. The first-order chi connectivity index (χ1) is 11.1. The molecule has 1 atom stereocenters. The average Bonchev–Trinajstić information content (AvgIpc) is 2.57. The lowest BCUT2D eigenvalue weighted by atomic mass is 9.84. The Morgan fingerprint density at radius 2 is 2.13 bits per heavy atom. The molecule has 0 aliphatic carbocycles. The highest BCUT2D eigenvalue weighted by atomic mass is 127. The van der Waals surface area contributed by atoms with Gasteiger partial charge in [0.25, 0.3) is 5.91 Å². The third kappa shape index (κ3) is 3.57. The smallest absolute Gasteiger partial charge is 0.255 e. The molecule has 3 heterocycles. The number of nitrogens with zero attached hydrogens (tertiary/aromatic N) is 1. The van der Waals surface area contributed by atoms with Gasteiger partial charge in [0.2, 0.25) is 0 Å². The summed E-state index contributed by atoms with van der Waals surface area (Å²) in [5.41, 5.74) is 0.562. The highest BCUT2D eigenvalue weighted by Gasteiger charge is 2.35. The number of rotatable bonds is 5. The van der Waals surface area contributed by atoms with Crippen molar-refractivity contribution in [2.24, 2.45) is 5.92 Å². The molecule has 3 aliphatic rings. The molecule has 5 nitrogen and oxygen atoms in total. The van der Waals surface area contributed by atoms with Crippen LogP contribution in [0.2, 0.25) is 0 Å². The second-order valence-corrected chi connectivity index (χ2v) is 7.38. The van der Waals surface area contributed by atoms with Gasteiger partial charge in [0, 0.05) is 16.2 Å². The zero-order valence-corrected chi connectivity index (χ0v) is 15.8. The van der Waals surface area contributed by atoms with Gasteiger partial charge >= 0.3 is 0 Å². The van der Waals surface area contributed by atoms with Crippen LogP contribution in [0.15, 0.2) is 12.1 Å². The zero-order valence-electron chi connectivity index (χ0n) is 13.6. The van der Waals surface area contributed by atoms with Gasteiger partial charge in [-0.2, -0.15) is 0 Å². The van der Waals surface area contributed by atoms with E-state index in [1.54, 1.807) is 7.11 Å². The van der Waals surface area contributed by atoms with E-state index < -0.39 is 0 Å². The Bertz CT molecular complexity index is 585. The Hall–Kier alpha value is -1.02. The molecule has 1 aromatic carbocycles. The third-order valence-electron chi connectivity index (χ3n) is 4.75. The summed E-state index contributed by atoms with van der Waals surface area (Å²) in [6.07, 6.45) is 2.36. The highest BCUT2D eigenvalue weighted by Crippen LogP contribution is 2.34. The van der Waals surface area contributed by atoms with Gasteiger partial charge in [0.15, 0.2) is 11.5 Å². The van der Waals surface area contributed by atoms with Crippen molar-refractivity contribution >= 4 is 28.5 Å². The van der Waals surface area contributed by atoms with Crippen LogP contribution < -0.4 is 14.8 Å². The molecule has 6 heteroatoms. The predicted octanol–water partition coefficient (Wildman–Crippen LogP) is 2.52. The molecule has 0 saturated carbocycles. The molecule has 3 aliphatic heterocycles. The van der Waals surface area contributed by atoms with Crippen molar-refractivity contribution in [1.82, 2.24) is 10.2 Å². The Morgan fingerprint density at radius 1 is 1.39 bits per heavy atom. The maximum Gasteiger partial charge on any atom is 0.255 e. The number of hydrogen-bond acceptors (Lipinski definition) is 4. The number of ether oxygens (including phenoxy) is 2. The molecule has 0 spiro atoms. The van der Waals surface area contributed by atoms with Crippen LogP contribution in [0.3, 0.4) is 0 Å². The summed E-state index contributed by atoms with van der Waals surface area (Å²) in [4.78, 5) is 15.3. The van der Waals surface area contributed by atoms with Crippen molar-refractivity contribution in [3.8, 4) is 11.5 Å². The summed E-state index contributed by atoms with van der Waals surface area (Å²) in [6.45, 7) is 5.70. The molecule has 2 bridgehead atoms. The Kier molecular flexibility index (Phi) is 5.31. The van der Waals surface area contributed by atoms with Crippen LogP contribution in [0.1, 0.15) is 30.1 Å². The maximum atomic E-state index is 12.8. The van der Waals surface area contributed by atoms with Crippen molar-refractivity contribution in [3.05, 3.63) is 21.3 Å². The number of carbonyl (C=O) groups excluding carboxylic acids is 1. The lowest BCUT2D eigenvalue weighted by molar-refractivity contribution is 0.0618. The van der Waals surface area contributed by atoms with Crippen molar-refractivity contribution in [3.63, 3.8) is 0 Å². The molecule has 0 radical (unpaired) electrons. The quantitative estimate of drug-likeness (QED) is 0.730. The maximum absolute atomic E-state index is 12.8. The van der Waals surface area contributed by atoms with Crippen molar-refractivity contribution < 1.29 is 14.3 Å². The first kappa shape index (κ1) is 16.8. The largest absolute Gasteiger partial charge is 0.493 e. The second kappa shape index (κ2) is 7.25. The van der Waals surface area contributed by atoms with E-state index in [-0.39, 0.29) is 11.9 Å². The Morgan fingerprint density at radius 3 is 2.70 bits per heavy atom. The molecule has 23 heavy (non-hydrogen) atoms. The molecule has 3 saturated heterocycles. The molecule has 1 aromatic rings. The van der Waals surface area contributed by atoms with E-state index in [1.165, 1.54) is 12.8 Å². The van der Waals surface area contributed by atoms with Crippen molar-refractivity contribution in [1.29, 1.82) is 0 Å². The minimum absolute atomic E-state index is 0.0657. The Labute approximate surface area is 150 Å². The molecule has 1 N–H and O–H groups in total. The van der Waals surface area contributed by atoms with Gasteiger partial charge in [-0.25, -0.2) is 0 Å². The van der Waals surface area contributed by atoms with Crippen molar-refractivity contribution in [2.75, 3.05) is 33.4 Å². The number of hydrogen-bond donors (Lipinski definition) is 1. The summed E-state index contributed by atoms with van der Waals surface area (Å²) in [5, 5.41) is 3.22. The SMILES string of the molecule is CCOc1c(OC)cc(I)cc1C(=O)N[C@@H]1CN2CCC1CC2. The first-order valence-electron chi connectivity index (χ1n) is 8.16. The molecule has 3 fully saturated rings. The minimum atomic E-state index is -0.0657. The fourth-order valence-electron chi connectivity index (χ4n) is 3.56. The predicted molar refractivity (Wildman–Crippen MR) is 97.3 cm³/mol. The number of benzene rings is 1. The molecule has 4 rings (SSSR count). The van der Waals surface area contributed by atoms with E-state index in [1.807, 2.05) is 19.1 Å². The monoisotopic (exact) mass is 430 g/mol. The summed E-state index contributed by atoms with van der Waals surface area (Å²) >= 11 is 2.20. The number of piperidine rings is 3. The summed E-state index contributed by atoms with van der Waals surface area (Å²) in [7, 11) is 1.60. The van der Waals surface area contributed by atoms with Crippen LogP contribution in [-0.2, 0) is 0 Å². The molecule has 0 aromatic heterocycles. The van der Waals surface area contributed by atoms with Crippen LogP contribution in [0.4, 0.5) is 0 Å². The third-order valence-corrected chi connectivity index (χ3v) is 5.37. The number of carbonyl (C=O) groups is 1. The van der Waals surface area contributed by atoms with Gasteiger partial charge in [-0.1, -0.05) is 0 Å². The number of methoxy groups -OCH3 is 1. The van der Waals surface area contributed by atoms with Crippen LogP contribution in [-0.4, -0.2) is 50.2 Å². The van der Waals surface area contributed by atoms with Gasteiger partial charge < -0.3 is 19.7 Å². The topological polar surface area (TPSA) is 50.8 Å². The van der Waals surface area contributed by atoms with Crippen LogP contribution in [0, 0.1) is 9.49 Å². The molecule has 126 valence electrons. The number of amides is 1. The van der Waals surface area contributed by atoms with Crippen LogP contribution >= 0.6 is 22.6 Å². The summed E-state index contributed by atoms with van der Waals surface area (Å²) in [6, 6.07) is 3.99. The van der Waals surface area contributed by atoms with Gasteiger partial charge in [0.05, 0.1) is 19.3 Å². The lowest BCUT2D eigenvalue weighted by Crippen LogP contribution is -2.57. The van der Waals surface area contributed by atoms with E-state index in [0.29, 0.717) is 29.6 Å². The minimum Gasteiger partial charge on any atom is -0.493 e. The van der Waals surface area contributed by atoms with E-state index in [0.717, 1.165) is 23.2 Å². The summed E-state index contributed by atoms with van der Waals surface area (Å²) in [5.74, 6) is 1.68. The second-order valence-electron chi connectivity index (χ2n) is 6.14. The van der Waals surface area contributed by atoms with E-state index in [9.17, 15) is 4.79 Å². The standard InChI is InChI=1S/C17H23IN2O3/c1-3-23-16-13(8-12(18)9-15(16)22-2)17(21)19-14-10-20-6-4-11(14)5-7-20/h8-9,11,14H,3-7,10H2,1-2H3,(H,19,21)/t14-/m1/s1. The van der Waals surface area contributed by atoms with E-state index in [4.69, 9.17) is 9.47 Å². The zero-order chi connectivity index (χ0) is 16.4. The van der Waals surface area contributed by atoms with Gasteiger partial charge in [-0.3, -0.25) is 4.79 Å². The fraction of sp³-hybridized carbons (Fsp3) is 0.588. The Balaban J connectivity index is 1.82. The molecular formula is C17H23IN2O3. The summed E-state index contributed by atoms with van der Waals surface area (Å²) < 4.78 is 12.0. The number of fused-ring (bicyclic) bond motifs is 3. The highest BCUT2D eigenvalue weighted by molar-refractivity contribution is 14.1. The van der Waals surface area contributed by atoms with Crippen LogP contribution in [0.5, 0.6) is 11.5 Å². The van der Waals surface area contributed by atoms with Gasteiger partial charge in [-0.05, 0) is 73.5 Å². The molecular weight excluding hydrogens is 407 g/mol. The first-order valence-corrected chi connectivity index (χ1v) is 9.23. The number of halogens is 1. The van der Waals surface area contributed by atoms with Gasteiger partial charge in [0.1, 0.15) is 0 Å². The fourth-order valence-corrected chi connectivity index (χ4v) is 4.15. The van der Waals surface area contributed by atoms with E-state index >= 15 is 0 Å². The molecule has 1 amide bonds. The van der Waals surface area contributed by atoms with Gasteiger partial charge in [-0.15, -0.1) is 0 Å².